The minimum Gasteiger partial charge on any atom is -0.364 e. The highest BCUT2D eigenvalue weighted by Crippen LogP contribution is 2.30. The van der Waals surface area contributed by atoms with Crippen LogP contribution in [0, 0.1) is 13.8 Å². The maximum Gasteiger partial charge on any atom is 0.253 e. The zero-order valence-corrected chi connectivity index (χ0v) is 17.8. The van der Waals surface area contributed by atoms with Crippen LogP contribution in [0.25, 0.3) is 0 Å². The summed E-state index contributed by atoms with van der Waals surface area (Å²) in [5.41, 5.74) is 6.20. The number of H-pyrrole nitrogens is 1. The monoisotopic (exact) mass is 402 g/mol. The van der Waals surface area contributed by atoms with Crippen molar-refractivity contribution in [3.8, 4) is 0 Å². The number of aromatic nitrogens is 2. The maximum atomic E-state index is 13.0. The Bertz CT molecular complexity index is 988. The fourth-order valence-electron chi connectivity index (χ4n) is 4.25. The highest BCUT2D eigenvalue weighted by atomic mass is 16.1. The average Bonchev–Trinajstić information content (AvgIpc) is 3.26. The Balaban J connectivity index is 1.42. The summed E-state index contributed by atoms with van der Waals surface area (Å²) < 4.78 is 0. The van der Waals surface area contributed by atoms with Crippen LogP contribution in [0.4, 0.5) is 0 Å². The van der Waals surface area contributed by atoms with E-state index in [1.807, 2.05) is 43.5 Å². The number of hydrogen-bond donors (Lipinski definition) is 2. The fraction of sp³-hybridized carbons (Fsp3) is 0.360. The molecular formula is C25H30N4O. The summed E-state index contributed by atoms with van der Waals surface area (Å²) in [4.78, 5) is 23.5. The minimum atomic E-state index is -0.0344. The number of amides is 1. The fourth-order valence-corrected chi connectivity index (χ4v) is 4.25. The number of benzene rings is 1. The molecule has 1 aromatic carbocycles. The van der Waals surface area contributed by atoms with Gasteiger partial charge in [0.1, 0.15) is 0 Å². The van der Waals surface area contributed by atoms with Crippen molar-refractivity contribution < 1.29 is 4.79 Å². The predicted octanol–water partition coefficient (Wildman–Crippen LogP) is 4.34. The summed E-state index contributed by atoms with van der Waals surface area (Å²) in [6.07, 6.45) is 4.02. The lowest BCUT2D eigenvalue weighted by Gasteiger charge is -2.32. The number of hydrogen-bond acceptors (Lipinski definition) is 3. The third-order valence-corrected chi connectivity index (χ3v) is 5.87. The molecule has 30 heavy (non-hydrogen) atoms. The van der Waals surface area contributed by atoms with Crippen molar-refractivity contribution >= 4 is 5.91 Å². The summed E-state index contributed by atoms with van der Waals surface area (Å²) in [5.74, 6) is 0.289. The summed E-state index contributed by atoms with van der Waals surface area (Å²) in [5, 5.41) is 3.09. The Kier molecular flexibility index (Phi) is 6.29. The van der Waals surface area contributed by atoms with E-state index in [0.717, 1.165) is 55.0 Å². The second kappa shape index (κ2) is 9.26. The van der Waals surface area contributed by atoms with E-state index in [1.54, 1.807) is 0 Å². The third kappa shape index (κ3) is 4.97. The van der Waals surface area contributed by atoms with Gasteiger partial charge in [-0.15, -0.1) is 0 Å². The van der Waals surface area contributed by atoms with Gasteiger partial charge in [0, 0.05) is 36.6 Å². The number of rotatable bonds is 6. The molecule has 0 radical (unpaired) electrons. The molecule has 1 aliphatic heterocycles. The van der Waals surface area contributed by atoms with Crippen molar-refractivity contribution in [1.82, 2.24) is 20.2 Å². The van der Waals surface area contributed by atoms with Crippen LogP contribution in [0.3, 0.4) is 0 Å². The SMILES string of the molecule is Cc1cccc(CNC(=O)c2ccc(C)nc2C2CCN(Cc3ccc[nH]3)CC2)c1. The average molecular weight is 403 g/mol. The van der Waals surface area contributed by atoms with E-state index in [4.69, 9.17) is 4.98 Å². The van der Waals surface area contributed by atoms with Crippen LogP contribution in [0.5, 0.6) is 0 Å². The lowest BCUT2D eigenvalue weighted by molar-refractivity contribution is 0.0948. The summed E-state index contributed by atoms with van der Waals surface area (Å²) in [7, 11) is 0. The summed E-state index contributed by atoms with van der Waals surface area (Å²) >= 11 is 0. The lowest BCUT2D eigenvalue weighted by atomic mass is 9.89. The molecule has 2 N–H and O–H groups in total. The van der Waals surface area contributed by atoms with Crippen LogP contribution < -0.4 is 5.32 Å². The van der Waals surface area contributed by atoms with Gasteiger partial charge in [-0.25, -0.2) is 0 Å². The Hall–Kier alpha value is -2.92. The first-order valence-corrected chi connectivity index (χ1v) is 10.7. The van der Waals surface area contributed by atoms with Crippen molar-refractivity contribution in [2.24, 2.45) is 0 Å². The highest BCUT2D eigenvalue weighted by Gasteiger charge is 2.26. The first kappa shape index (κ1) is 20.4. The van der Waals surface area contributed by atoms with Gasteiger partial charge in [-0.3, -0.25) is 14.7 Å². The number of piperidine rings is 1. The lowest BCUT2D eigenvalue weighted by Crippen LogP contribution is -2.34. The molecule has 5 nitrogen and oxygen atoms in total. The van der Waals surface area contributed by atoms with Crippen molar-refractivity contribution in [3.63, 3.8) is 0 Å². The maximum absolute atomic E-state index is 13.0. The molecule has 0 atom stereocenters. The Morgan fingerprint density at radius 2 is 1.97 bits per heavy atom. The van der Waals surface area contributed by atoms with E-state index >= 15 is 0 Å². The van der Waals surface area contributed by atoms with E-state index in [0.29, 0.717) is 12.5 Å². The van der Waals surface area contributed by atoms with Crippen molar-refractivity contribution in [2.45, 2.75) is 45.7 Å². The minimum absolute atomic E-state index is 0.0344. The highest BCUT2D eigenvalue weighted by molar-refractivity contribution is 5.95. The quantitative estimate of drug-likeness (QED) is 0.645. The van der Waals surface area contributed by atoms with Crippen LogP contribution in [-0.4, -0.2) is 33.9 Å². The Labute approximate surface area is 178 Å². The molecule has 3 heterocycles. The molecule has 0 saturated carbocycles. The first-order chi connectivity index (χ1) is 14.6. The number of carbonyl (C=O) groups is 1. The van der Waals surface area contributed by atoms with Gasteiger partial charge in [0.15, 0.2) is 0 Å². The Morgan fingerprint density at radius 1 is 1.13 bits per heavy atom. The molecule has 0 aliphatic carbocycles. The number of nitrogens with one attached hydrogen (secondary N) is 2. The molecule has 0 bridgehead atoms. The molecule has 1 fully saturated rings. The Morgan fingerprint density at radius 3 is 2.70 bits per heavy atom. The zero-order valence-electron chi connectivity index (χ0n) is 17.8. The second-order valence-electron chi connectivity index (χ2n) is 8.30. The number of nitrogens with zero attached hydrogens (tertiary/aromatic N) is 2. The summed E-state index contributed by atoms with van der Waals surface area (Å²) in [6, 6.07) is 16.3. The largest absolute Gasteiger partial charge is 0.364 e. The van der Waals surface area contributed by atoms with Gasteiger partial charge in [-0.2, -0.15) is 0 Å². The predicted molar refractivity (Wildman–Crippen MR) is 119 cm³/mol. The van der Waals surface area contributed by atoms with Crippen molar-refractivity contribution in [2.75, 3.05) is 13.1 Å². The smallest absolute Gasteiger partial charge is 0.253 e. The molecule has 1 aliphatic rings. The number of likely N-dealkylation sites (tertiary alicyclic amines) is 1. The molecule has 0 spiro atoms. The molecule has 4 rings (SSSR count). The van der Waals surface area contributed by atoms with E-state index in [9.17, 15) is 4.79 Å². The molecule has 0 unspecified atom stereocenters. The van der Waals surface area contributed by atoms with Crippen LogP contribution in [0.2, 0.25) is 0 Å². The number of carbonyl (C=O) groups excluding carboxylic acids is 1. The van der Waals surface area contributed by atoms with Crippen molar-refractivity contribution in [1.29, 1.82) is 0 Å². The second-order valence-corrected chi connectivity index (χ2v) is 8.30. The van der Waals surface area contributed by atoms with Gasteiger partial charge in [0.05, 0.1) is 11.3 Å². The molecule has 1 saturated heterocycles. The molecule has 1 amide bonds. The van der Waals surface area contributed by atoms with Gasteiger partial charge >= 0.3 is 0 Å². The molecule has 5 heteroatoms. The third-order valence-electron chi connectivity index (χ3n) is 5.87. The van der Waals surface area contributed by atoms with E-state index in [-0.39, 0.29) is 5.91 Å². The standard InChI is InChI=1S/C25H30N4O/c1-18-5-3-6-20(15-18)16-27-25(30)23-9-8-19(2)28-24(23)21-10-13-29(14-11-21)17-22-7-4-12-26-22/h3-9,12,15,21,26H,10-11,13-14,16-17H2,1-2H3,(H,27,30). The van der Waals surface area contributed by atoms with Gasteiger partial charge in [0.2, 0.25) is 0 Å². The number of aromatic amines is 1. The molecule has 3 aromatic rings. The molecule has 156 valence electrons. The number of aryl methyl sites for hydroxylation is 2. The van der Waals surface area contributed by atoms with E-state index in [2.05, 4.69) is 40.3 Å². The molecular weight excluding hydrogens is 372 g/mol. The first-order valence-electron chi connectivity index (χ1n) is 10.7. The topological polar surface area (TPSA) is 61.0 Å². The van der Waals surface area contributed by atoms with Crippen LogP contribution >= 0.6 is 0 Å². The van der Waals surface area contributed by atoms with Crippen LogP contribution in [0.1, 0.15) is 57.3 Å². The van der Waals surface area contributed by atoms with E-state index < -0.39 is 0 Å². The molecule has 2 aromatic heterocycles. The zero-order chi connectivity index (χ0) is 20.9. The normalized spacial score (nSPS) is 15.3. The number of pyridine rings is 1. The van der Waals surface area contributed by atoms with Gasteiger partial charge < -0.3 is 10.3 Å². The van der Waals surface area contributed by atoms with Crippen molar-refractivity contribution in [3.05, 3.63) is 88.5 Å². The van der Waals surface area contributed by atoms with Gasteiger partial charge in [-0.1, -0.05) is 29.8 Å². The van der Waals surface area contributed by atoms with Gasteiger partial charge in [-0.05, 0) is 69.6 Å². The van der Waals surface area contributed by atoms with E-state index in [1.165, 1.54) is 11.3 Å². The van der Waals surface area contributed by atoms with Crippen LogP contribution in [0.15, 0.2) is 54.7 Å². The summed E-state index contributed by atoms with van der Waals surface area (Å²) in [6.45, 7) is 7.58. The van der Waals surface area contributed by atoms with Gasteiger partial charge in [0.25, 0.3) is 5.91 Å². The van der Waals surface area contributed by atoms with Crippen LogP contribution in [-0.2, 0) is 13.1 Å².